The zero-order valence-electron chi connectivity index (χ0n) is 18.3. The lowest BCUT2D eigenvalue weighted by molar-refractivity contribution is 0.0870. The smallest absolute Gasteiger partial charge is 0.255 e. The van der Waals surface area contributed by atoms with E-state index in [-0.39, 0.29) is 11.9 Å². The Morgan fingerprint density at radius 3 is 2.53 bits per heavy atom. The summed E-state index contributed by atoms with van der Waals surface area (Å²) in [4.78, 5) is 13.0. The van der Waals surface area contributed by atoms with E-state index in [0.717, 1.165) is 48.1 Å². The number of carbonyl (C=O) groups is 1. The van der Waals surface area contributed by atoms with Crippen molar-refractivity contribution in [3.8, 4) is 5.75 Å². The molecule has 1 unspecified atom stereocenters. The zero-order valence-corrected chi connectivity index (χ0v) is 18.3. The molecule has 0 saturated heterocycles. The highest BCUT2D eigenvalue weighted by atomic mass is 16.5. The Bertz CT molecular complexity index is 919. The summed E-state index contributed by atoms with van der Waals surface area (Å²) in [5.41, 5.74) is 5.93. The van der Waals surface area contributed by atoms with Crippen molar-refractivity contribution >= 4 is 11.6 Å². The molecule has 0 spiro atoms. The van der Waals surface area contributed by atoms with E-state index in [1.54, 1.807) is 7.11 Å². The van der Waals surface area contributed by atoms with Gasteiger partial charge in [0, 0.05) is 5.69 Å². The topological polar surface area (TPSA) is 70.6 Å². The van der Waals surface area contributed by atoms with E-state index < -0.39 is 6.10 Å². The monoisotopic (exact) mass is 408 g/mol. The Morgan fingerprint density at radius 1 is 1.20 bits per heavy atom. The number of nitrogens with one attached hydrogen (secondary N) is 2. The van der Waals surface area contributed by atoms with Crippen molar-refractivity contribution in [2.24, 2.45) is 0 Å². The number of aliphatic hydroxyl groups is 1. The Kier molecular flexibility index (Phi) is 7.16. The van der Waals surface area contributed by atoms with E-state index in [2.05, 4.69) is 41.8 Å². The molecule has 160 valence electrons. The number of amides is 1. The summed E-state index contributed by atoms with van der Waals surface area (Å²) in [6.45, 7) is 6.03. The van der Waals surface area contributed by atoms with Crippen LogP contribution in [-0.4, -0.2) is 30.3 Å². The predicted molar refractivity (Wildman–Crippen MR) is 121 cm³/mol. The number of hydrogen-bond donors (Lipinski definition) is 3. The summed E-state index contributed by atoms with van der Waals surface area (Å²) in [6, 6.07) is 10.0. The fourth-order valence-corrected chi connectivity index (χ4v) is 4.05. The van der Waals surface area contributed by atoms with Gasteiger partial charge >= 0.3 is 0 Å². The second-order valence-electron chi connectivity index (χ2n) is 7.96. The quantitative estimate of drug-likeness (QED) is 0.631. The molecule has 0 aliphatic heterocycles. The number of hydrogen-bond acceptors (Lipinski definition) is 4. The molecule has 0 radical (unpaired) electrons. The van der Waals surface area contributed by atoms with Gasteiger partial charge < -0.3 is 20.5 Å². The standard InChI is InChI=1S/C25H32N2O3/c1-5-13-26-20-11-9-18(10-12-20)14-19-15-21(24(30-4)17(3)16(19)2)25(29)27-22-7-6-8-23(22)28/h5,9-13,15,22-23,26,28H,6-8,14H2,1-4H3,(H,27,29)/b13-5-/t22?,23-/m0/s1. The number of aliphatic hydroxyl groups excluding tert-OH is 1. The van der Waals surface area contributed by atoms with Crippen LogP contribution in [0.25, 0.3) is 0 Å². The number of rotatable bonds is 7. The molecule has 1 saturated carbocycles. The lowest BCUT2D eigenvalue weighted by Crippen LogP contribution is -2.40. The van der Waals surface area contributed by atoms with Crippen molar-refractivity contribution in [1.29, 1.82) is 0 Å². The van der Waals surface area contributed by atoms with Crippen molar-refractivity contribution in [2.45, 2.75) is 58.6 Å². The predicted octanol–water partition coefficient (Wildman–Crippen LogP) is 4.49. The molecule has 5 nitrogen and oxygen atoms in total. The number of benzene rings is 2. The molecule has 1 fully saturated rings. The number of anilines is 1. The van der Waals surface area contributed by atoms with Gasteiger partial charge in [-0.05, 0) is 93.1 Å². The van der Waals surface area contributed by atoms with Gasteiger partial charge in [0.25, 0.3) is 5.91 Å². The van der Waals surface area contributed by atoms with Crippen LogP contribution in [0.2, 0.25) is 0 Å². The molecule has 0 heterocycles. The van der Waals surface area contributed by atoms with E-state index in [1.165, 1.54) is 5.56 Å². The first-order valence-electron chi connectivity index (χ1n) is 10.6. The van der Waals surface area contributed by atoms with E-state index in [9.17, 15) is 9.90 Å². The molecule has 1 aliphatic carbocycles. The Morgan fingerprint density at radius 2 is 1.93 bits per heavy atom. The third kappa shape index (κ3) is 4.85. The van der Waals surface area contributed by atoms with Crippen LogP contribution in [0.15, 0.2) is 42.6 Å². The van der Waals surface area contributed by atoms with Crippen LogP contribution >= 0.6 is 0 Å². The molecule has 2 atom stereocenters. The highest BCUT2D eigenvalue weighted by Crippen LogP contribution is 2.31. The zero-order chi connectivity index (χ0) is 21.7. The molecule has 5 heteroatoms. The molecule has 0 bridgehead atoms. The SMILES string of the molecule is C/C=C\Nc1ccc(Cc2cc(C(=O)NC3CCC[C@@H]3O)c(OC)c(C)c2C)cc1. The number of carbonyl (C=O) groups excluding carboxylic acids is 1. The maximum absolute atomic E-state index is 13.0. The summed E-state index contributed by atoms with van der Waals surface area (Å²) < 4.78 is 5.59. The van der Waals surface area contributed by atoms with Crippen LogP contribution in [-0.2, 0) is 6.42 Å². The summed E-state index contributed by atoms with van der Waals surface area (Å²) in [5, 5.41) is 16.3. The van der Waals surface area contributed by atoms with Gasteiger partial charge in [0.15, 0.2) is 0 Å². The van der Waals surface area contributed by atoms with Gasteiger partial charge in [0.05, 0.1) is 24.8 Å². The third-order valence-electron chi connectivity index (χ3n) is 5.96. The maximum Gasteiger partial charge on any atom is 0.255 e. The maximum atomic E-state index is 13.0. The van der Waals surface area contributed by atoms with Crippen LogP contribution in [0, 0.1) is 13.8 Å². The van der Waals surface area contributed by atoms with Crippen LogP contribution in [0.4, 0.5) is 5.69 Å². The molecule has 2 aromatic rings. The second-order valence-corrected chi connectivity index (χ2v) is 7.96. The summed E-state index contributed by atoms with van der Waals surface area (Å²) in [5.74, 6) is 0.417. The molecular formula is C25H32N2O3. The number of allylic oxidation sites excluding steroid dienone is 1. The minimum Gasteiger partial charge on any atom is -0.496 e. The van der Waals surface area contributed by atoms with Gasteiger partial charge in [-0.3, -0.25) is 4.79 Å². The first-order chi connectivity index (χ1) is 14.4. The lowest BCUT2D eigenvalue weighted by Gasteiger charge is -2.20. The van der Waals surface area contributed by atoms with Gasteiger partial charge in [-0.1, -0.05) is 18.2 Å². The number of ether oxygens (including phenoxy) is 1. The Labute approximate surface area is 179 Å². The summed E-state index contributed by atoms with van der Waals surface area (Å²) in [6.07, 6.45) is 6.58. The van der Waals surface area contributed by atoms with E-state index in [1.807, 2.05) is 32.2 Å². The van der Waals surface area contributed by atoms with E-state index >= 15 is 0 Å². The number of methoxy groups -OCH3 is 1. The van der Waals surface area contributed by atoms with Crippen molar-refractivity contribution in [3.05, 3.63) is 70.4 Å². The summed E-state index contributed by atoms with van der Waals surface area (Å²) in [7, 11) is 1.60. The minimum absolute atomic E-state index is 0.187. The minimum atomic E-state index is -0.472. The lowest BCUT2D eigenvalue weighted by atomic mass is 9.93. The first kappa shape index (κ1) is 21.9. The van der Waals surface area contributed by atoms with E-state index in [0.29, 0.717) is 11.3 Å². The largest absolute Gasteiger partial charge is 0.496 e. The second kappa shape index (κ2) is 9.81. The van der Waals surface area contributed by atoms with Gasteiger partial charge in [-0.2, -0.15) is 0 Å². The average molecular weight is 409 g/mol. The first-order valence-corrected chi connectivity index (χ1v) is 10.6. The van der Waals surface area contributed by atoms with E-state index in [4.69, 9.17) is 4.74 Å². The molecule has 30 heavy (non-hydrogen) atoms. The molecule has 3 rings (SSSR count). The van der Waals surface area contributed by atoms with Crippen LogP contribution in [0.5, 0.6) is 5.75 Å². The molecule has 0 aromatic heterocycles. The Hall–Kier alpha value is -2.79. The fraction of sp³-hybridized carbons (Fsp3) is 0.400. The van der Waals surface area contributed by atoms with Crippen LogP contribution in [0.3, 0.4) is 0 Å². The van der Waals surface area contributed by atoms with Gasteiger partial charge in [-0.15, -0.1) is 0 Å². The molecule has 1 amide bonds. The summed E-state index contributed by atoms with van der Waals surface area (Å²) >= 11 is 0. The highest BCUT2D eigenvalue weighted by molar-refractivity contribution is 5.98. The molecule has 1 aliphatic rings. The average Bonchev–Trinajstić information content (AvgIpc) is 3.15. The van der Waals surface area contributed by atoms with Gasteiger partial charge in [0.1, 0.15) is 5.75 Å². The van der Waals surface area contributed by atoms with Gasteiger partial charge in [0.2, 0.25) is 0 Å². The van der Waals surface area contributed by atoms with Crippen molar-refractivity contribution < 1.29 is 14.6 Å². The molecule has 2 aromatic carbocycles. The molecular weight excluding hydrogens is 376 g/mol. The van der Waals surface area contributed by atoms with Crippen LogP contribution < -0.4 is 15.4 Å². The molecule has 3 N–H and O–H groups in total. The van der Waals surface area contributed by atoms with Crippen molar-refractivity contribution in [1.82, 2.24) is 5.32 Å². The third-order valence-corrected chi connectivity index (χ3v) is 5.96. The highest BCUT2D eigenvalue weighted by Gasteiger charge is 2.28. The van der Waals surface area contributed by atoms with Crippen LogP contribution in [0.1, 0.15) is 58.8 Å². The fourth-order valence-electron chi connectivity index (χ4n) is 4.05. The van der Waals surface area contributed by atoms with Gasteiger partial charge in [-0.25, -0.2) is 0 Å². The normalized spacial score (nSPS) is 18.6. The van der Waals surface area contributed by atoms with Crippen molar-refractivity contribution in [3.63, 3.8) is 0 Å². The Balaban J connectivity index is 1.86. The van der Waals surface area contributed by atoms with Crippen molar-refractivity contribution in [2.75, 3.05) is 12.4 Å².